The highest BCUT2D eigenvalue weighted by Crippen LogP contribution is 2.23. The maximum atomic E-state index is 12.6. The number of thioether (sulfide) groups is 1. The first-order chi connectivity index (χ1) is 15.7. The predicted molar refractivity (Wildman–Crippen MR) is 127 cm³/mol. The highest BCUT2D eigenvalue weighted by molar-refractivity contribution is 7.98. The van der Waals surface area contributed by atoms with E-state index in [-0.39, 0.29) is 5.91 Å². The van der Waals surface area contributed by atoms with Gasteiger partial charge in [0, 0.05) is 24.4 Å². The Hall–Kier alpha value is -3.36. The number of morpholine rings is 1. The van der Waals surface area contributed by atoms with Crippen LogP contribution >= 0.6 is 11.8 Å². The molecule has 1 saturated heterocycles. The Kier molecular flexibility index (Phi) is 6.04. The van der Waals surface area contributed by atoms with Gasteiger partial charge in [0.15, 0.2) is 5.16 Å². The number of H-pyrrole nitrogens is 1. The van der Waals surface area contributed by atoms with Gasteiger partial charge in [0.25, 0.3) is 5.91 Å². The lowest BCUT2D eigenvalue weighted by Crippen LogP contribution is -2.36. The molecule has 0 saturated carbocycles. The number of imidazole rings is 1. The molecule has 2 aromatic carbocycles. The number of nitrogens with one attached hydrogen (secondary N) is 2. The van der Waals surface area contributed by atoms with Crippen LogP contribution in [0.4, 0.5) is 11.5 Å². The number of nitrogens with zero attached hydrogens (tertiary/aromatic N) is 3. The van der Waals surface area contributed by atoms with Crippen LogP contribution in [0.3, 0.4) is 0 Å². The zero-order valence-electron chi connectivity index (χ0n) is 17.5. The molecule has 1 fully saturated rings. The quantitative estimate of drug-likeness (QED) is 0.430. The molecule has 0 aliphatic carbocycles. The minimum Gasteiger partial charge on any atom is -0.378 e. The second-order valence-electron chi connectivity index (χ2n) is 7.50. The van der Waals surface area contributed by atoms with E-state index in [9.17, 15) is 4.79 Å². The molecule has 1 amide bonds. The Bertz CT molecular complexity index is 1170. The summed E-state index contributed by atoms with van der Waals surface area (Å²) in [5.74, 6) is 1.14. The van der Waals surface area contributed by atoms with Gasteiger partial charge in [-0.05, 0) is 42.0 Å². The van der Waals surface area contributed by atoms with Crippen LogP contribution in [0.2, 0.25) is 0 Å². The van der Waals surface area contributed by atoms with Gasteiger partial charge in [-0.2, -0.15) is 0 Å². The fourth-order valence-corrected chi connectivity index (χ4v) is 4.40. The van der Waals surface area contributed by atoms with Crippen LogP contribution in [0.5, 0.6) is 0 Å². The molecule has 4 aromatic rings. The third-order valence-electron chi connectivity index (χ3n) is 5.33. The minimum absolute atomic E-state index is 0.173. The number of aromatic amines is 1. The maximum Gasteiger partial charge on any atom is 0.256 e. The molecule has 1 aliphatic heterocycles. The number of carbonyl (C=O) groups excluding carboxylic acids is 1. The van der Waals surface area contributed by atoms with E-state index in [1.165, 1.54) is 0 Å². The van der Waals surface area contributed by atoms with Gasteiger partial charge in [-0.1, -0.05) is 36.0 Å². The summed E-state index contributed by atoms with van der Waals surface area (Å²) in [5, 5.41) is 3.76. The summed E-state index contributed by atoms with van der Waals surface area (Å²) >= 11 is 1.64. The molecule has 0 spiro atoms. The van der Waals surface area contributed by atoms with Gasteiger partial charge in [0.1, 0.15) is 5.82 Å². The van der Waals surface area contributed by atoms with Crippen LogP contribution < -0.4 is 10.2 Å². The van der Waals surface area contributed by atoms with E-state index in [2.05, 4.69) is 25.2 Å². The Balaban J connectivity index is 1.16. The highest BCUT2D eigenvalue weighted by atomic mass is 32.2. The highest BCUT2D eigenvalue weighted by Gasteiger charge is 2.12. The molecule has 32 heavy (non-hydrogen) atoms. The first-order valence-electron chi connectivity index (χ1n) is 10.5. The first kappa shape index (κ1) is 20.5. The van der Waals surface area contributed by atoms with Gasteiger partial charge < -0.3 is 19.9 Å². The molecule has 1 aliphatic rings. The number of carbonyl (C=O) groups is 1. The van der Waals surface area contributed by atoms with Crippen LogP contribution in [-0.2, 0) is 10.5 Å². The number of para-hydroxylation sites is 2. The standard InChI is InChI=1S/C24H23N5O2S/c30-23(28-22-10-9-19(15-25-22)29-11-13-31-14-12-29)18-7-5-17(6-8-18)16-32-24-26-20-3-1-2-4-21(20)27-24/h1-10,15H,11-14,16H2,(H,26,27)(H,25,28,30). The molecule has 0 unspecified atom stereocenters. The second kappa shape index (κ2) is 9.42. The SMILES string of the molecule is O=C(Nc1ccc(N2CCOCC2)cn1)c1ccc(CSc2nc3ccccc3[nH]2)cc1. The van der Waals surface area contributed by atoms with Crippen LogP contribution in [0.15, 0.2) is 72.0 Å². The number of aromatic nitrogens is 3. The molecule has 0 atom stereocenters. The first-order valence-corrected chi connectivity index (χ1v) is 11.5. The average Bonchev–Trinajstić information content (AvgIpc) is 3.27. The average molecular weight is 446 g/mol. The number of hydrogen-bond acceptors (Lipinski definition) is 6. The van der Waals surface area contributed by atoms with Gasteiger partial charge in [-0.15, -0.1) is 0 Å². The van der Waals surface area contributed by atoms with Gasteiger partial charge in [-0.3, -0.25) is 4.79 Å². The van der Waals surface area contributed by atoms with Crippen molar-refractivity contribution in [2.24, 2.45) is 0 Å². The molecule has 3 heterocycles. The van der Waals surface area contributed by atoms with Crippen molar-refractivity contribution in [3.05, 3.63) is 78.0 Å². The van der Waals surface area contributed by atoms with Crippen LogP contribution in [0, 0.1) is 0 Å². The largest absolute Gasteiger partial charge is 0.378 e. The number of rotatable bonds is 6. The number of hydrogen-bond donors (Lipinski definition) is 2. The van der Waals surface area contributed by atoms with Crippen molar-refractivity contribution in [1.29, 1.82) is 0 Å². The molecule has 5 rings (SSSR count). The number of pyridine rings is 1. The molecule has 0 radical (unpaired) electrons. The Morgan fingerprint density at radius 2 is 1.88 bits per heavy atom. The van der Waals surface area contributed by atoms with Crippen LogP contribution in [0.25, 0.3) is 11.0 Å². The molecular formula is C24H23N5O2S. The molecule has 2 N–H and O–H groups in total. The monoisotopic (exact) mass is 445 g/mol. The molecule has 2 aromatic heterocycles. The van der Waals surface area contributed by atoms with Crippen molar-refractivity contribution >= 4 is 40.2 Å². The lowest BCUT2D eigenvalue weighted by molar-refractivity contribution is 0.102. The number of amides is 1. The summed E-state index contributed by atoms with van der Waals surface area (Å²) in [4.78, 5) is 27.1. The van der Waals surface area contributed by atoms with Crippen LogP contribution in [-0.4, -0.2) is 47.2 Å². The van der Waals surface area contributed by atoms with Crippen molar-refractivity contribution in [2.75, 3.05) is 36.5 Å². The van der Waals surface area contributed by atoms with E-state index >= 15 is 0 Å². The second-order valence-corrected chi connectivity index (χ2v) is 8.46. The van der Waals surface area contributed by atoms with Crippen molar-refractivity contribution < 1.29 is 9.53 Å². The zero-order chi connectivity index (χ0) is 21.8. The summed E-state index contributed by atoms with van der Waals surface area (Å²) < 4.78 is 5.38. The maximum absolute atomic E-state index is 12.6. The van der Waals surface area contributed by atoms with E-state index in [1.807, 2.05) is 60.7 Å². The van der Waals surface area contributed by atoms with E-state index in [0.717, 1.165) is 59.5 Å². The number of ether oxygens (including phenoxy) is 1. The van der Waals surface area contributed by atoms with Crippen LogP contribution in [0.1, 0.15) is 15.9 Å². The molecule has 162 valence electrons. The predicted octanol–water partition coefficient (Wildman–Crippen LogP) is 4.34. The van der Waals surface area contributed by atoms with Crippen molar-refractivity contribution in [2.45, 2.75) is 10.9 Å². The zero-order valence-corrected chi connectivity index (χ0v) is 18.3. The minimum atomic E-state index is -0.173. The fourth-order valence-electron chi connectivity index (χ4n) is 3.56. The molecule has 7 nitrogen and oxygen atoms in total. The van der Waals surface area contributed by atoms with E-state index in [0.29, 0.717) is 11.4 Å². The van der Waals surface area contributed by atoms with Crippen molar-refractivity contribution in [3.8, 4) is 0 Å². The van der Waals surface area contributed by atoms with E-state index in [1.54, 1.807) is 18.0 Å². The van der Waals surface area contributed by atoms with Gasteiger partial charge in [0.2, 0.25) is 0 Å². The summed E-state index contributed by atoms with van der Waals surface area (Å²) in [6.07, 6.45) is 1.79. The van der Waals surface area contributed by atoms with Gasteiger partial charge in [-0.25, -0.2) is 9.97 Å². The summed E-state index contributed by atoms with van der Waals surface area (Å²) in [6, 6.07) is 19.4. The Morgan fingerprint density at radius 1 is 1.06 bits per heavy atom. The molecular weight excluding hydrogens is 422 g/mol. The van der Waals surface area contributed by atoms with Gasteiger partial charge in [0.05, 0.1) is 36.1 Å². The molecule has 0 bridgehead atoms. The van der Waals surface area contributed by atoms with Gasteiger partial charge >= 0.3 is 0 Å². The van der Waals surface area contributed by atoms with Crippen molar-refractivity contribution in [1.82, 2.24) is 15.0 Å². The summed E-state index contributed by atoms with van der Waals surface area (Å²) in [6.45, 7) is 3.17. The lowest BCUT2D eigenvalue weighted by Gasteiger charge is -2.28. The fraction of sp³-hybridized carbons (Fsp3) is 0.208. The lowest BCUT2D eigenvalue weighted by atomic mass is 10.1. The smallest absolute Gasteiger partial charge is 0.256 e. The van der Waals surface area contributed by atoms with Crippen molar-refractivity contribution in [3.63, 3.8) is 0 Å². The Morgan fingerprint density at radius 3 is 2.62 bits per heavy atom. The summed E-state index contributed by atoms with van der Waals surface area (Å²) in [5.41, 5.74) is 4.77. The number of fused-ring (bicyclic) bond motifs is 1. The van der Waals surface area contributed by atoms with E-state index in [4.69, 9.17) is 4.74 Å². The van der Waals surface area contributed by atoms with E-state index < -0.39 is 0 Å². The third-order valence-corrected chi connectivity index (χ3v) is 6.27. The number of benzene rings is 2. The molecule has 8 heteroatoms. The topological polar surface area (TPSA) is 83.1 Å². The third kappa shape index (κ3) is 4.76. The summed E-state index contributed by atoms with van der Waals surface area (Å²) in [7, 11) is 0. The Labute approximate surface area is 190 Å². The number of anilines is 2. The normalized spacial score (nSPS) is 13.9.